The number of carbonyl (C=O) groups is 1. The third kappa shape index (κ3) is 3.74. The van der Waals surface area contributed by atoms with Gasteiger partial charge in [0.15, 0.2) is 0 Å². The normalized spacial score (nSPS) is 12.2. The zero-order valence-electron chi connectivity index (χ0n) is 11.2. The summed E-state index contributed by atoms with van der Waals surface area (Å²) in [7, 11) is 1.63. The van der Waals surface area contributed by atoms with Crippen LogP contribution in [0.1, 0.15) is 42.0 Å². The van der Waals surface area contributed by atoms with Gasteiger partial charge in [-0.3, -0.25) is 4.79 Å². The Kier molecular flexibility index (Phi) is 5.16. The number of methoxy groups -OCH3 is 1. The fourth-order valence-electron chi connectivity index (χ4n) is 2.20. The molecule has 0 saturated heterocycles. The van der Waals surface area contributed by atoms with Crippen LogP contribution in [-0.2, 0) is 4.79 Å². The van der Waals surface area contributed by atoms with E-state index in [2.05, 4.69) is 6.07 Å². The van der Waals surface area contributed by atoms with E-state index < -0.39 is 5.97 Å². The van der Waals surface area contributed by atoms with Gasteiger partial charge < -0.3 is 15.6 Å². The lowest BCUT2D eigenvalue weighted by molar-refractivity contribution is -0.137. The van der Waals surface area contributed by atoms with Gasteiger partial charge >= 0.3 is 5.97 Å². The highest BCUT2D eigenvalue weighted by molar-refractivity contribution is 5.66. The molecule has 3 N–H and O–H groups in total. The van der Waals surface area contributed by atoms with Crippen LogP contribution in [-0.4, -0.2) is 18.2 Å². The molecule has 0 aliphatic rings. The van der Waals surface area contributed by atoms with Crippen molar-refractivity contribution in [3.63, 3.8) is 0 Å². The predicted octanol–water partition coefficient (Wildman–Crippen LogP) is 2.57. The SMILES string of the molecule is COc1cc(C)cc(C)c1C(N)CCCC(=O)O. The third-order valence-electron chi connectivity index (χ3n) is 2.99. The number of rotatable bonds is 6. The van der Waals surface area contributed by atoms with Crippen LogP contribution in [0, 0.1) is 13.8 Å². The van der Waals surface area contributed by atoms with Crippen molar-refractivity contribution >= 4 is 5.97 Å². The minimum absolute atomic E-state index is 0.154. The van der Waals surface area contributed by atoms with Gasteiger partial charge in [0.2, 0.25) is 0 Å². The number of hydrogen-bond donors (Lipinski definition) is 2. The van der Waals surface area contributed by atoms with Gasteiger partial charge in [-0.1, -0.05) is 6.07 Å². The second kappa shape index (κ2) is 6.40. The fraction of sp³-hybridized carbons (Fsp3) is 0.500. The Labute approximate surface area is 108 Å². The van der Waals surface area contributed by atoms with E-state index in [-0.39, 0.29) is 12.5 Å². The smallest absolute Gasteiger partial charge is 0.303 e. The van der Waals surface area contributed by atoms with E-state index in [0.717, 1.165) is 22.4 Å². The Bertz CT molecular complexity index is 429. The lowest BCUT2D eigenvalue weighted by Crippen LogP contribution is -2.14. The van der Waals surface area contributed by atoms with Crippen LogP contribution in [0.15, 0.2) is 12.1 Å². The van der Waals surface area contributed by atoms with Gasteiger partial charge in [-0.05, 0) is 43.9 Å². The summed E-state index contributed by atoms with van der Waals surface area (Å²) in [5.74, 6) is 0.00474. The van der Waals surface area contributed by atoms with Crippen LogP contribution in [0.4, 0.5) is 0 Å². The third-order valence-corrected chi connectivity index (χ3v) is 2.99. The number of aliphatic carboxylic acids is 1. The zero-order valence-corrected chi connectivity index (χ0v) is 11.2. The first kappa shape index (κ1) is 14.5. The molecule has 0 radical (unpaired) electrons. The molecule has 0 aromatic heterocycles. The molecule has 0 fully saturated rings. The Balaban J connectivity index is 2.84. The summed E-state index contributed by atoms with van der Waals surface area (Å²) in [5, 5.41) is 8.62. The highest BCUT2D eigenvalue weighted by Gasteiger charge is 2.15. The summed E-state index contributed by atoms with van der Waals surface area (Å²) < 4.78 is 5.36. The van der Waals surface area contributed by atoms with E-state index in [1.165, 1.54) is 0 Å². The summed E-state index contributed by atoms with van der Waals surface area (Å²) in [4.78, 5) is 10.5. The van der Waals surface area contributed by atoms with Gasteiger partial charge in [-0.2, -0.15) is 0 Å². The van der Waals surface area contributed by atoms with Crippen LogP contribution in [0.3, 0.4) is 0 Å². The van der Waals surface area contributed by atoms with Crippen molar-refractivity contribution in [2.24, 2.45) is 5.73 Å². The van der Waals surface area contributed by atoms with Crippen LogP contribution in [0.25, 0.3) is 0 Å². The number of carboxylic acids is 1. The molecule has 0 aliphatic heterocycles. The fourth-order valence-corrected chi connectivity index (χ4v) is 2.20. The van der Waals surface area contributed by atoms with E-state index in [4.69, 9.17) is 15.6 Å². The minimum atomic E-state index is -0.783. The number of hydrogen-bond acceptors (Lipinski definition) is 3. The number of benzene rings is 1. The maximum Gasteiger partial charge on any atom is 0.303 e. The first-order valence-corrected chi connectivity index (χ1v) is 6.08. The second-order valence-electron chi connectivity index (χ2n) is 4.59. The molecule has 100 valence electrons. The van der Waals surface area contributed by atoms with Crippen molar-refractivity contribution in [1.82, 2.24) is 0 Å². The van der Waals surface area contributed by atoms with Crippen LogP contribution in [0.5, 0.6) is 5.75 Å². The van der Waals surface area contributed by atoms with E-state index in [9.17, 15) is 4.79 Å². The lowest BCUT2D eigenvalue weighted by atomic mass is 9.95. The summed E-state index contributed by atoms with van der Waals surface area (Å²) in [6, 6.07) is 3.84. The molecule has 4 heteroatoms. The van der Waals surface area contributed by atoms with E-state index in [0.29, 0.717) is 12.8 Å². The standard InChI is InChI=1S/C14H21NO3/c1-9-7-10(2)14(12(8-9)18-3)11(15)5-4-6-13(16)17/h7-8,11H,4-6,15H2,1-3H3,(H,16,17). The van der Waals surface area contributed by atoms with Crippen LogP contribution in [0.2, 0.25) is 0 Å². The Morgan fingerprint density at radius 3 is 2.67 bits per heavy atom. The molecule has 18 heavy (non-hydrogen) atoms. The molecule has 0 bridgehead atoms. The molecule has 1 aromatic carbocycles. The van der Waals surface area contributed by atoms with Crippen molar-refractivity contribution < 1.29 is 14.6 Å². The average molecular weight is 251 g/mol. The Morgan fingerprint density at radius 2 is 2.11 bits per heavy atom. The minimum Gasteiger partial charge on any atom is -0.496 e. The highest BCUT2D eigenvalue weighted by atomic mass is 16.5. The maximum absolute atomic E-state index is 10.5. The first-order valence-electron chi connectivity index (χ1n) is 6.08. The van der Waals surface area contributed by atoms with Gasteiger partial charge in [-0.15, -0.1) is 0 Å². The van der Waals surface area contributed by atoms with Gasteiger partial charge in [0.1, 0.15) is 5.75 Å². The molecule has 0 saturated carbocycles. The van der Waals surface area contributed by atoms with Gasteiger partial charge in [0.05, 0.1) is 7.11 Å². The molecule has 1 aromatic rings. The van der Waals surface area contributed by atoms with E-state index in [1.54, 1.807) is 7.11 Å². The van der Waals surface area contributed by atoms with Gasteiger partial charge in [0.25, 0.3) is 0 Å². The number of ether oxygens (including phenoxy) is 1. The molecular weight excluding hydrogens is 230 g/mol. The number of nitrogens with two attached hydrogens (primary N) is 1. The first-order chi connectivity index (χ1) is 8.45. The maximum atomic E-state index is 10.5. The van der Waals surface area contributed by atoms with E-state index >= 15 is 0 Å². The lowest BCUT2D eigenvalue weighted by Gasteiger charge is -2.19. The largest absolute Gasteiger partial charge is 0.496 e. The summed E-state index contributed by atoms with van der Waals surface area (Å²) in [6.45, 7) is 4.01. The van der Waals surface area contributed by atoms with Crippen molar-refractivity contribution in [2.75, 3.05) is 7.11 Å². The molecule has 0 heterocycles. The predicted molar refractivity (Wildman–Crippen MR) is 70.9 cm³/mol. The van der Waals surface area contributed by atoms with Crippen LogP contribution >= 0.6 is 0 Å². The molecule has 1 atom stereocenters. The zero-order chi connectivity index (χ0) is 13.7. The summed E-state index contributed by atoms with van der Waals surface area (Å²) in [6.07, 6.45) is 1.38. The quantitative estimate of drug-likeness (QED) is 0.815. The monoisotopic (exact) mass is 251 g/mol. The average Bonchev–Trinajstić information content (AvgIpc) is 2.26. The van der Waals surface area contributed by atoms with Crippen LogP contribution < -0.4 is 10.5 Å². The van der Waals surface area contributed by atoms with Gasteiger partial charge in [-0.25, -0.2) is 0 Å². The molecule has 0 aliphatic carbocycles. The van der Waals surface area contributed by atoms with Crippen molar-refractivity contribution in [3.05, 3.63) is 28.8 Å². The molecule has 4 nitrogen and oxygen atoms in total. The molecule has 0 spiro atoms. The molecular formula is C14H21NO3. The molecule has 0 amide bonds. The number of carboxylic acid groups (broad SMARTS) is 1. The number of aryl methyl sites for hydroxylation is 2. The summed E-state index contributed by atoms with van der Waals surface area (Å²) in [5.41, 5.74) is 9.34. The van der Waals surface area contributed by atoms with E-state index in [1.807, 2.05) is 19.9 Å². The highest BCUT2D eigenvalue weighted by Crippen LogP contribution is 2.31. The van der Waals surface area contributed by atoms with Crippen molar-refractivity contribution in [3.8, 4) is 5.75 Å². The molecule has 1 unspecified atom stereocenters. The molecule has 1 rings (SSSR count). The van der Waals surface area contributed by atoms with Crippen molar-refractivity contribution in [2.45, 2.75) is 39.2 Å². The van der Waals surface area contributed by atoms with Gasteiger partial charge in [0, 0.05) is 18.0 Å². The summed E-state index contributed by atoms with van der Waals surface area (Å²) >= 11 is 0. The Hall–Kier alpha value is -1.55. The Morgan fingerprint density at radius 1 is 1.44 bits per heavy atom. The van der Waals surface area contributed by atoms with Crippen molar-refractivity contribution in [1.29, 1.82) is 0 Å². The second-order valence-corrected chi connectivity index (χ2v) is 4.59. The topological polar surface area (TPSA) is 72.5 Å².